The zero-order chi connectivity index (χ0) is 13.6. The molecule has 0 N–H and O–H groups in total. The molecule has 2 nitrogen and oxygen atoms in total. The Kier molecular flexibility index (Phi) is 5.86. The van der Waals surface area contributed by atoms with Gasteiger partial charge in [0.05, 0.1) is 12.7 Å². The molecule has 2 aliphatic heterocycles. The molecule has 3 aliphatic rings. The quantitative estimate of drug-likeness (QED) is 0.661. The highest BCUT2D eigenvalue weighted by molar-refractivity contribution is 14.2. The van der Waals surface area contributed by atoms with Crippen LogP contribution < -0.4 is 0 Å². The number of halogens is 1. The van der Waals surface area contributed by atoms with Crippen LogP contribution in [0.25, 0.3) is 0 Å². The zero-order valence-electron chi connectivity index (χ0n) is 12.3. The Hall–Kier alpha value is 0. The van der Waals surface area contributed by atoms with E-state index in [0.29, 0.717) is 12.1 Å². The Bertz CT molecular complexity index is 396. The summed E-state index contributed by atoms with van der Waals surface area (Å²) in [4.78, 5) is 2.70. The van der Waals surface area contributed by atoms with E-state index in [4.69, 9.17) is 4.74 Å². The van der Waals surface area contributed by atoms with Crippen molar-refractivity contribution in [1.29, 1.82) is 0 Å². The fraction of sp³-hybridized carbons (Fsp3) is 0.706. The maximum Gasteiger partial charge on any atom is 0.0730 e. The van der Waals surface area contributed by atoms with E-state index >= 15 is 0 Å². The van der Waals surface area contributed by atoms with Crippen LogP contribution in [0.1, 0.15) is 44.9 Å². The van der Waals surface area contributed by atoms with Crippen LogP contribution in [0, 0.1) is 0 Å². The van der Waals surface area contributed by atoms with Gasteiger partial charge >= 0.3 is 0 Å². The van der Waals surface area contributed by atoms with Crippen molar-refractivity contribution in [3.63, 3.8) is 0 Å². The maximum absolute atomic E-state index is 6.29. The molecule has 112 valence electrons. The van der Waals surface area contributed by atoms with Gasteiger partial charge in [0.2, 0.25) is 0 Å². The van der Waals surface area contributed by atoms with Gasteiger partial charge in [0.25, 0.3) is 0 Å². The lowest BCUT2D eigenvalue weighted by atomic mass is 9.91. The Morgan fingerprint density at radius 1 is 1.15 bits per heavy atom. The van der Waals surface area contributed by atoms with E-state index in [-0.39, 0.29) is 20.7 Å². The number of ether oxygens (including phenoxy) is 1. The van der Waals surface area contributed by atoms with E-state index in [2.05, 4.69) is 25.1 Å². The topological polar surface area (TPSA) is 12.5 Å². The van der Waals surface area contributed by atoms with Gasteiger partial charge in [-0.3, -0.25) is 4.90 Å². The molecule has 2 atom stereocenters. The second kappa shape index (κ2) is 7.85. The molecular formula is C17H26INO. The molecule has 3 rings (SSSR count). The molecule has 1 aliphatic carbocycles. The molecule has 0 spiro atoms. The van der Waals surface area contributed by atoms with Gasteiger partial charge < -0.3 is 4.74 Å². The number of rotatable bonds is 5. The minimum Gasteiger partial charge on any atom is -0.376 e. The van der Waals surface area contributed by atoms with Crippen LogP contribution >= 0.6 is 20.7 Å². The van der Waals surface area contributed by atoms with Crippen LogP contribution in [0.4, 0.5) is 0 Å². The zero-order valence-corrected chi connectivity index (χ0v) is 14.4. The van der Waals surface area contributed by atoms with E-state index in [1.165, 1.54) is 57.2 Å². The van der Waals surface area contributed by atoms with Crippen molar-refractivity contribution in [2.24, 2.45) is 0 Å². The van der Waals surface area contributed by atoms with Gasteiger partial charge in [-0.1, -0.05) is 45.7 Å². The standard InChI is InChI=1S/C17H26INO/c1-2-6-17(16(5-1)19-12-3-4-13-19)20-14-9-15-7-10-18-11-8-15/h7-8,10-11,16-17H,1-6,9,12-14H2/t16-,17-/m1/s1. The summed E-state index contributed by atoms with van der Waals surface area (Å²) in [5.74, 6) is 0. The first-order valence-corrected chi connectivity index (χ1v) is 10.6. The molecule has 0 aromatic rings. The van der Waals surface area contributed by atoms with Crippen LogP contribution in [0.2, 0.25) is 0 Å². The van der Waals surface area contributed by atoms with Crippen molar-refractivity contribution < 1.29 is 4.74 Å². The minimum atomic E-state index is 0.215. The Morgan fingerprint density at radius 3 is 2.80 bits per heavy atom. The molecule has 1 saturated heterocycles. The number of hydrogen-bond donors (Lipinski definition) is 0. The molecule has 0 unspecified atom stereocenters. The molecular weight excluding hydrogens is 361 g/mol. The normalized spacial score (nSPS) is 31.1. The van der Waals surface area contributed by atoms with Crippen molar-refractivity contribution >= 4 is 24.7 Å². The first-order chi connectivity index (χ1) is 9.93. The SMILES string of the molecule is C1=CC(CCO[C@@H]2CCCC[C@H]2N2CCCC2)=CC=I1. The molecule has 0 radical (unpaired) electrons. The molecule has 0 aromatic carbocycles. The number of likely N-dealkylation sites (tertiary alicyclic amines) is 1. The summed E-state index contributed by atoms with van der Waals surface area (Å²) >= 11 is 0.215. The predicted octanol–water partition coefficient (Wildman–Crippen LogP) is 4.03. The van der Waals surface area contributed by atoms with Gasteiger partial charge in [0, 0.05) is 6.04 Å². The summed E-state index contributed by atoms with van der Waals surface area (Å²) in [6.45, 7) is 3.51. The van der Waals surface area contributed by atoms with Crippen molar-refractivity contribution in [3.05, 3.63) is 21.8 Å². The van der Waals surface area contributed by atoms with Crippen molar-refractivity contribution in [1.82, 2.24) is 4.90 Å². The van der Waals surface area contributed by atoms with E-state index < -0.39 is 0 Å². The lowest BCUT2D eigenvalue weighted by Crippen LogP contribution is -2.45. The molecule has 0 amide bonds. The number of nitrogens with zero attached hydrogens (tertiary/aromatic N) is 1. The molecule has 2 fully saturated rings. The molecule has 0 aromatic heterocycles. The largest absolute Gasteiger partial charge is 0.376 e. The van der Waals surface area contributed by atoms with E-state index in [0.717, 1.165) is 13.0 Å². The fourth-order valence-electron chi connectivity index (χ4n) is 3.59. The van der Waals surface area contributed by atoms with Crippen LogP contribution in [0.15, 0.2) is 21.8 Å². The third-order valence-corrected chi connectivity index (χ3v) is 6.25. The van der Waals surface area contributed by atoms with Crippen LogP contribution in [-0.2, 0) is 4.74 Å². The number of allylic oxidation sites excluding steroid dienone is 2. The van der Waals surface area contributed by atoms with Gasteiger partial charge in [-0.2, -0.15) is 0 Å². The fourth-order valence-corrected chi connectivity index (χ4v) is 5.17. The Labute approximate surface area is 133 Å². The molecule has 20 heavy (non-hydrogen) atoms. The predicted molar refractivity (Wildman–Crippen MR) is 94.7 cm³/mol. The van der Waals surface area contributed by atoms with E-state index in [1.807, 2.05) is 0 Å². The summed E-state index contributed by atoms with van der Waals surface area (Å²) < 4.78 is 11.0. The second-order valence-electron chi connectivity index (χ2n) is 6.04. The third kappa shape index (κ3) is 4.01. The average molecular weight is 387 g/mol. The van der Waals surface area contributed by atoms with Crippen LogP contribution in [-0.4, -0.2) is 40.8 Å². The smallest absolute Gasteiger partial charge is 0.0730 e. The molecule has 2 heterocycles. The van der Waals surface area contributed by atoms with Crippen molar-refractivity contribution in [2.75, 3.05) is 19.7 Å². The Morgan fingerprint density at radius 2 is 2.00 bits per heavy atom. The highest BCUT2D eigenvalue weighted by Crippen LogP contribution is 2.28. The summed E-state index contributed by atoms with van der Waals surface area (Å²) in [7, 11) is 0. The average Bonchev–Trinajstić information content (AvgIpc) is 3.03. The monoisotopic (exact) mass is 387 g/mol. The lowest BCUT2D eigenvalue weighted by molar-refractivity contribution is -0.0288. The van der Waals surface area contributed by atoms with Gasteiger partial charge in [-0.25, -0.2) is 0 Å². The van der Waals surface area contributed by atoms with Gasteiger partial charge in [-0.15, -0.1) is 0 Å². The minimum absolute atomic E-state index is 0.215. The first-order valence-electron chi connectivity index (χ1n) is 8.10. The summed E-state index contributed by atoms with van der Waals surface area (Å²) in [6.07, 6.45) is 14.3. The third-order valence-electron chi connectivity index (χ3n) is 4.70. The lowest BCUT2D eigenvalue weighted by Gasteiger charge is -2.37. The maximum atomic E-state index is 6.29. The van der Waals surface area contributed by atoms with Crippen LogP contribution in [0.5, 0.6) is 0 Å². The van der Waals surface area contributed by atoms with E-state index in [1.54, 1.807) is 0 Å². The summed E-state index contributed by atoms with van der Waals surface area (Å²) in [5, 5.41) is 0. The highest BCUT2D eigenvalue weighted by atomic mass is 127. The van der Waals surface area contributed by atoms with Gasteiger partial charge in [0.15, 0.2) is 0 Å². The Balaban J connectivity index is 1.48. The van der Waals surface area contributed by atoms with Crippen molar-refractivity contribution in [2.45, 2.75) is 57.1 Å². The molecule has 3 heteroatoms. The summed E-state index contributed by atoms with van der Waals surface area (Å²) in [5.41, 5.74) is 1.45. The van der Waals surface area contributed by atoms with E-state index in [9.17, 15) is 0 Å². The molecule has 1 saturated carbocycles. The van der Waals surface area contributed by atoms with Gasteiger partial charge in [0.1, 0.15) is 0 Å². The first kappa shape index (κ1) is 14.9. The number of hydrogen-bond acceptors (Lipinski definition) is 2. The highest BCUT2D eigenvalue weighted by Gasteiger charge is 2.31. The summed E-state index contributed by atoms with van der Waals surface area (Å²) in [6, 6.07) is 0.708. The van der Waals surface area contributed by atoms with Crippen molar-refractivity contribution in [3.8, 4) is 0 Å². The second-order valence-corrected chi connectivity index (χ2v) is 8.20. The van der Waals surface area contributed by atoms with Gasteiger partial charge in [-0.05, 0) is 58.9 Å². The van der Waals surface area contributed by atoms with Crippen LogP contribution in [0.3, 0.4) is 0 Å². The molecule has 0 bridgehead atoms.